The third-order valence-corrected chi connectivity index (χ3v) is 2.02. The average Bonchev–Trinajstić information content (AvgIpc) is 2.81. The lowest BCUT2D eigenvalue weighted by molar-refractivity contribution is 0.102. The van der Waals surface area contributed by atoms with E-state index in [-0.39, 0.29) is 5.91 Å². The van der Waals surface area contributed by atoms with Crippen LogP contribution in [0.2, 0.25) is 0 Å². The van der Waals surface area contributed by atoms with E-state index in [0.717, 1.165) is 0 Å². The van der Waals surface area contributed by atoms with E-state index in [9.17, 15) is 4.79 Å². The van der Waals surface area contributed by atoms with E-state index in [1.807, 2.05) is 0 Å². The van der Waals surface area contributed by atoms with Crippen LogP contribution in [0.4, 0.5) is 11.8 Å². The molecule has 82 valence electrons. The summed E-state index contributed by atoms with van der Waals surface area (Å²) in [6.45, 7) is 0. The van der Waals surface area contributed by atoms with Gasteiger partial charge in [0.1, 0.15) is 5.82 Å². The fourth-order valence-electron chi connectivity index (χ4n) is 1.30. The van der Waals surface area contributed by atoms with E-state index in [1.54, 1.807) is 37.8 Å². The first kappa shape index (κ1) is 10.2. The minimum atomic E-state index is -0.257. The van der Waals surface area contributed by atoms with E-state index in [0.29, 0.717) is 17.3 Å². The molecule has 16 heavy (non-hydrogen) atoms. The number of carbonyl (C=O) groups excluding carboxylic acids is 1. The number of anilines is 2. The number of imidazole rings is 1. The Morgan fingerprint density at radius 1 is 1.38 bits per heavy atom. The summed E-state index contributed by atoms with van der Waals surface area (Å²) in [4.78, 5) is 22.6. The van der Waals surface area contributed by atoms with Crippen LogP contribution in [0.5, 0.6) is 0 Å². The molecule has 0 saturated heterocycles. The van der Waals surface area contributed by atoms with Gasteiger partial charge in [-0.3, -0.25) is 10.1 Å². The molecule has 0 saturated carbocycles. The molecule has 2 aromatic heterocycles. The van der Waals surface area contributed by atoms with Crippen molar-refractivity contribution in [3.63, 3.8) is 0 Å². The van der Waals surface area contributed by atoms with Gasteiger partial charge >= 0.3 is 0 Å². The number of hydrogen-bond acceptors (Lipinski definition) is 4. The largest absolute Gasteiger partial charge is 0.372 e. The molecule has 2 heterocycles. The Hall–Kier alpha value is -2.37. The third-order valence-electron chi connectivity index (χ3n) is 2.02. The van der Waals surface area contributed by atoms with Crippen molar-refractivity contribution >= 4 is 17.7 Å². The summed E-state index contributed by atoms with van der Waals surface area (Å²) in [5.74, 6) is 0.690. The summed E-state index contributed by atoms with van der Waals surface area (Å²) >= 11 is 0. The summed E-state index contributed by atoms with van der Waals surface area (Å²) in [6, 6.07) is 3.40. The number of nitrogens with zero attached hydrogens (tertiary/aromatic N) is 2. The first-order chi connectivity index (χ1) is 7.81. The normalized spacial score (nSPS) is 9.81. The highest BCUT2D eigenvalue weighted by Gasteiger charge is 2.11. The lowest BCUT2D eigenvalue weighted by Gasteiger charge is -2.06. The second kappa shape index (κ2) is 4.43. The Bertz CT molecular complexity index is 480. The first-order valence-corrected chi connectivity index (χ1v) is 4.75. The zero-order valence-corrected chi connectivity index (χ0v) is 8.69. The summed E-state index contributed by atoms with van der Waals surface area (Å²) in [5.41, 5.74) is 0.474. The Morgan fingerprint density at radius 2 is 2.25 bits per heavy atom. The predicted octanol–water partition coefficient (Wildman–Crippen LogP) is 1.10. The van der Waals surface area contributed by atoms with Gasteiger partial charge < -0.3 is 10.3 Å². The van der Waals surface area contributed by atoms with Crippen molar-refractivity contribution in [1.82, 2.24) is 15.0 Å². The number of nitrogens with one attached hydrogen (secondary N) is 3. The van der Waals surface area contributed by atoms with Crippen molar-refractivity contribution in [3.8, 4) is 0 Å². The van der Waals surface area contributed by atoms with Gasteiger partial charge in [-0.2, -0.15) is 0 Å². The lowest BCUT2D eigenvalue weighted by atomic mass is 10.2. The van der Waals surface area contributed by atoms with Crippen molar-refractivity contribution in [3.05, 3.63) is 36.3 Å². The van der Waals surface area contributed by atoms with Gasteiger partial charge in [-0.05, 0) is 12.1 Å². The molecular formula is C10H11N5O. The highest BCUT2D eigenvalue weighted by atomic mass is 16.1. The molecule has 6 heteroatoms. The van der Waals surface area contributed by atoms with Gasteiger partial charge in [0.15, 0.2) is 0 Å². The van der Waals surface area contributed by atoms with Crippen molar-refractivity contribution < 1.29 is 4.79 Å². The molecule has 0 bridgehead atoms. The maximum atomic E-state index is 11.8. The zero-order chi connectivity index (χ0) is 11.4. The molecule has 0 fully saturated rings. The minimum Gasteiger partial charge on any atom is -0.372 e. The highest BCUT2D eigenvalue weighted by Crippen LogP contribution is 2.11. The monoisotopic (exact) mass is 217 g/mol. The van der Waals surface area contributed by atoms with Gasteiger partial charge in [0.2, 0.25) is 5.95 Å². The quantitative estimate of drug-likeness (QED) is 0.719. The average molecular weight is 217 g/mol. The van der Waals surface area contributed by atoms with E-state index >= 15 is 0 Å². The van der Waals surface area contributed by atoms with Crippen LogP contribution in [0.15, 0.2) is 30.7 Å². The molecule has 0 aliphatic carbocycles. The van der Waals surface area contributed by atoms with Gasteiger partial charge in [-0.25, -0.2) is 9.97 Å². The van der Waals surface area contributed by atoms with Crippen molar-refractivity contribution in [2.24, 2.45) is 0 Å². The van der Waals surface area contributed by atoms with Gasteiger partial charge in [-0.15, -0.1) is 0 Å². The molecule has 1 amide bonds. The maximum absolute atomic E-state index is 11.8. The topological polar surface area (TPSA) is 82.7 Å². The molecular weight excluding hydrogens is 206 g/mol. The molecule has 0 unspecified atom stereocenters. The molecule has 0 aliphatic rings. The van der Waals surface area contributed by atoms with E-state index in [4.69, 9.17) is 0 Å². The molecule has 3 N–H and O–H groups in total. The Kier molecular flexibility index (Phi) is 2.81. The van der Waals surface area contributed by atoms with E-state index < -0.39 is 0 Å². The number of hydrogen-bond donors (Lipinski definition) is 3. The van der Waals surface area contributed by atoms with Crippen LogP contribution in [0.3, 0.4) is 0 Å². The summed E-state index contributed by atoms with van der Waals surface area (Å²) in [7, 11) is 1.71. The van der Waals surface area contributed by atoms with Crippen molar-refractivity contribution in [2.75, 3.05) is 17.7 Å². The number of carbonyl (C=O) groups is 1. The summed E-state index contributed by atoms with van der Waals surface area (Å²) < 4.78 is 0. The van der Waals surface area contributed by atoms with Crippen LogP contribution in [0, 0.1) is 0 Å². The second-order valence-corrected chi connectivity index (χ2v) is 3.04. The molecule has 0 radical (unpaired) electrons. The molecule has 6 nitrogen and oxygen atoms in total. The third kappa shape index (κ3) is 2.00. The zero-order valence-electron chi connectivity index (χ0n) is 8.69. The van der Waals surface area contributed by atoms with Crippen LogP contribution in [0.25, 0.3) is 0 Å². The predicted molar refractivity (Wildman–Crippen MR) is 60.3 cm³/mol. The van der Waals surface area contributed by atoms with Crippen molar-refractivity contribution in [1.29, 1.82) is 0 Å². The fourth-order valence-corrected chi connectivity index (χ4v) is 1.30. The lowest BCUT2D eigenvalue weighted by Crippen LogP contribution is -2.15. The molecule has 0 aliphatic heterocycles. The smallest absolute Gasteiger partial charge is 0.261 e. The first-order valence-electron chi connectivity index (χ1n) is 4.75. The standard InChI is InChI=1S/C10H11N5O/c1-11-8-7(3-2-4-12-8)9(16)15-10-13-5-6-14-10/h2-6H,1H3,(H,11,12)(H2,13,14,15,16). The molecule has 0 spiro atoms. The number of H-pyrrole nitrogens is 1. The molecule has 2 aromatic rings. The maximum Gasteiger partial charge on any atom is 0.261 e. The Morgan fingerprint density at radius 3 is 2.94 bits per heavy atom. The molecule has 0 atom stereocenters. The minimum absolute atomic E-state index is 0.257. The highest BCUT2D eigenvalue weighted by molar-refractivity contribution is 6.06. The molecule has 2 rings (SSSR count). The Balaban J connectivity index is 2.21. The number of aromatic amines is 1. The fraction of sp³-hybridized carbons (Fsp3) is 0.100. The van der Waals surface area contributed by atoms with Gasteiger partial charge in [-0.1, -0.05) is 0 Å². The molecule has 0 aromatic carbocycles. The number of aromatic nitrogens is 3. The SMILES string of the molecule is CNc1ncccc1C(=O)Nc1ncc[nH]1. The Labute approximate surface area is 92.1 Å². The second-order valence-electron chi connectivity index (χ2n) is 3.04. The number of pyridine rings is 1. The van der Waals surface area contributed by atoms with Crippen molar-refractivity contribution in [2.45, 2.75) is 0 Å². The van der Waals surface area contributed by atoms with E-state index in [1.165, 1.54) is 0 Å². The number of amides is 1. The number of rotatable bonds is 3. The van der Waals surface area contributed by atoms with Crippen LogP contribution >= 0.6 is 0 Å². The van der Waals surface area contributed by atoms with Crippen LogP contribution in [-0.2, 0) is 0 Å². The van der Waals surface area contributed by atoms with Crippen LogP contribution < -0.4 is 10.6 Å². The van der Waals surface area contributed by atoms with Gasteiger partial charge in [0.25, 0.3) is 5.91 Å². The summed E-state index contributed by atoms with van der Waals surface area (Å²) in [6.07, 6.45) is 4.82. The van der Waals surface area contributed by atoms with E-state index in [2.05, 4.69) is 25.6 Å². The summed E-state index contributed by atoms with van der Waals surface area (Å²) in [5, 5.41) is 5.48. The van der Waals surface area contributed by atoms with Crippen LogP contribution in [-0.4, -0.2) is 27.9 Å². The van der Waals surface area contributed by atoms with Gasteiger partial charge in [0, 0.05) is 25.6 Å². The van der Waals surface area contributed by atoms with Crippen LogP contribution in [0.1, 0.15) is 10.4 Å². The van der Waals surface area contributed by atoms with Gasteiger partial charge in [0.05, 0.1) is 5.56 Å².